The van der Waals surface area contributed by atoms with E-state index in [1.54, 1.807) is 31.4 Å². The molecule has 0 aliphatic carbocycles. The normalized spacial score (nSPS) is 17.4. The van der Waals surface area contributed by atoms with Crippen LogP contribution in [0.5, 0.6) is 11.5 Å². The zero-order chi connectivity index (χ0) is 13.1. The Morgan fingerprint density at radius 1 is 1.50 bits per heavy atom. The predicted octanol–water partition coefficient (Wildman–Crippen LogP) is 2.87. The van der Waals surface area contributed by atoms with Gasteiger partial charge >= 0.3 is 0 Å². The minimum Gasteiger partial charge on any atom is -0.497 e. The zero-order valence-corrected chi connectivity index (χ0v) is 10.4. The van der Waals surface area contributed by atoms with Gasteiger partial charge in [-0.15, -0.1) is 0 Å². The summed E-state index contributed by atoms with van der Waals surface area (Å²) in [4.78, 5) is 10.6. The van der Waals surface area contributed by atoms with E-state index in [-0.39, 0.29) is 10.6 Å². The fourth-order valence-electron chi connectivity index (χ4n) is 1.97. The fourth-order valence-corrected chi connectivity index (χ4v) is 1.97. The van der Waals surface area contributed by atoms with Gasteiger partial charge < -0.3 is 9.47 Å². The van der Waals surface area contributed by atoms with Gasteiger partial charge in [-0.3, -0.25) is 10.1 Å². The SMILES string of the molecule is CCC[C@H]1Oc2cc(OC)ccc2C=C1[N+](=O)[O-]. The Hall–Kier alpha value is -2.04. The van der Waals surface area contributed by atoms with Crippen LogP contribution in [0.4, 0.5) is 0 Å². The van der Waals surface area contributed by atoms with Gasteiger partial charge in [-0.1, -0.05) is 13.3 Å². The second-order valence-corrected chi connectivity index (χ2v) is 4.13. The Morgan fingerprint density at radius 3 is 2.89 bits per heavy atom. The van der Waals surface area contributed by atoms with Crippen LogP contribution < -0.4 is 9.47 Å². The van der Waals surface area contributed by atoms with E-state index in [0.29, 0.717) is 17.9 Å². The number of hydrogen-bond acceptors (Lipinski definition) is 4. The minimum atomic E-state index is -0.482. The van der Waals surface area contributed by atoms with Crippen molar-refractivity contribution >= 4 is 6.08 Å². The Bertz CT molecular complexity index is 496. The van der Waals surface area contributed by atoms with Crippen molar-refractivity contribution in [1.82, 2.24) is 0 Å². The smallest absolute Gasteiger partial charge is 0.287 e. The van der Waals surface area contributed by atoms with Crippen molar-refractivity contribution in [3.63, 3.8) is 0 Å². The predicted molar refractivity (Wildman–Crippen MR) is 67.3 cm³/mol. The lowest BCUT2D eigenvalue weighted by Gasteiger charge is -2.22. The average Bonchev–Trinajstić information content (AvgIpc) is 2.37. The number of methoxy groups -OCH3 is 1. The van der Waals surface area contributed by atoms with Crippen molar-refractivity contribution in [3.8, 4) is 11.5 Å². The maximum absolute atomic E-state index is 11.0. The number of fused-ring (bicyclic) bond motifs is 1. The lowest BCUT2D eigenvalue weighted by Crippen LogP contribution is -2.26. The van der Waals surface area contributed by atoms with Crippen molar-refractivity contribution in [1.29, 1.82) is 0 Å². The number of hydrogen-bond donors (Lipinski definition) is 0. The molecule has 96 valence electrons. The molecule has 0 radical (unpaired) electrons. The molecule has 0 N–H and O–H groups in total. The fraction of sp³-hybridized carbons (Fsp3) is 0.385. The lowest BCUT2D eigenvalue weighted by molar-refractivity contribution is -0.433. The Morgan fingerprint density at radius 2 is 2.28 bits per heavy atom. The standard InChI is InChI=1S/C13H15NO4/c1-3-4-12-11(14(15)16)7-9-5-6-10(17-2)8-13(9)18-12/h5-8,12H,3-4H2,1-2H3/t12-/m1/s1. The highest BCUT2D eigenvalue weighted by atomic mass is 16.6. The number of nitro groups is 1. The van der Waals surface area contributed by atoms with Gasteiger partial charge in [0.25, 0.3) is 5.70 Å². The maximum Gasteiger partial charge on any atom is 0.287 e. The van der Waals surface area contributed by atoms with E-state index in [4.69, 9.17) is 9.47 Å². The van der Waals surface area contributed by atoms with Gasteiger partial charge in [0.1, 0.15) is 11.5 Å². The van der Waals surface area contributed by atoms with Crippen LogP contribution in [-0.2, 0) is 0 Å². The van der Waals surface area contributed by atoms with Gasteiger partial charge in [-0.2, -0.15) is 0 Å². The number of benzene rings is 1. The molecule has 0 bridgehead atoms. The van der Waals surface area contributed by atoms with Crippen LogP contribution in [0.1, 0.15) is 25.3 Å². The van der Waals surface area contributed by atoms with Crippen LogP contribution in [0.3, 0.4) is 0 Å². The Kier molecular flexibility index (Phi) is 3.50. The van der Waals surface area contributed by atoms with Crippen LogP contribution in [-0.4, -0.2) is 18.1 Å². The highest BCUT2D eigenvalue weighted by Crippen LogP contribution is 2.34. The molecular weight excluding hydrogens is 234 g/mol. The van der Waals surface area contributed by atoms with Crippen LogP contribution >= 0.6 is 0 Å². The monoisotopic (exact) mass is 249 g/mol. The van der Waals surface area contributed by atoms with E-state index in [9.17, 15) is 10.1 Å². The summed E-state index contributed by atoms with van der Waals surface area (Å²) in [6.07, 6.45) is 2.56. The molecule has 0 saturated heterocycles. The summed E-state index contributed by atoms with van der Waals surface area (Å²) in [5, 5.41) is 11.0. The van der Waals surface area contributed by atoms with Crippen LogP contribution in [0.2, 0.25) is 0 Å². The van der Waals surface area contributed by atoms with Crippen molar-refractivity contribution in [2.45, 2.75) is 25.9 Å². The third-order valence-corrected chi connectivity index (χ3v) is 2.88. The molecule has 0 amide bonds. The molecule has 5 nitrogen and oxygen atoms in total. The van der Waals surface area contributed by atoms with Crippen LogP contribution in [0.15, 0.2) is 23.9 Å². The minimum absolute atomic E-state index is 0.120. The molecule has 1 heterocycles. The first-order valence-electron chi connectivity index (χ1n) is 5.86. The quantitative estimate of drug-likeness (QED) is 0.608. The second-order valence-electron chi connectivity index (χ2n) is 4.13. The lowest BCUT2D eigenvalue weighted by atomic mass is 10.0. The largest absolute Gasteiger partial charge is 0.497 e. The van der Waals surface area contributed by atoms with Crippen LogP contribution in [0.25, 0.3) is 6.08 Å². The molecule has 0 fully saturated rings. The van der Waals surface area contributed by atoms with E-state index in [1.807, 2.05) is 6.92 Å². The number of nitrogens with zero attached hydrogens (tertiary/aromatic N) is 1. The van der Waals surface area contributed by atoms with Gasteiger partial charge in [0.05, 0.1) is 12.0 Å². The number of ether oxygens (including phenoxy) is 2. The molecule has 1 aromatic carbocycles. The summed E-state index contributed by atoms with van der Waals surface area (Å²) < 4.78 is 10.8. The summed E-state index contributed by atoms with van der Waals surface area (Å²) in [5.41, 5.74) is 0.837. The summed E-state index contributed by atoms with van der Waals surface area (Å²) in [6, 6.07) is 5.28. The van der Waals surface area contributed by atoms with E-state index in [0.717, 1.165) is 12.0 Å². The Labute approximate surface area is 105 Å². The molecule has 1 aliphatic rings. The molecule has 5 heteroatoms. The highest BCUT2D eigenvalue weighted by Gasteiger charge is 2.30. The van der Waals surface area contributed by atoms with Gasteiger partial charge in [0, 0.05) is 17.7 Å². The topological polar surface area (TPSA) is 61.6 Å². The molecule has 2 rings (SSSR count). The summed E-state index contributed by atoms with van der Waals surface area (Å²) >= 11 is 0. The molecule has 18 heavy (non-hydrogen) atoms. The highest BCUT2D eigenvalue weighted by molar-refractivity contribution is 5.63. The third-order valence-electron chi connectivity index (χ3n) is 2.88. The van der Waals surface area contributed by atoms with E-state index in [2.05, 4.69) is 0 Å². The van der Waals surface area contributed by atoms with Crippen molar-refractivity contribution < 1.29 is 14.4 Å². The van der Waals surface area contributed by atoms with Crippen molar-refractivity contribution in [3.05, 3.63) is 39.6 Å². The molecule has 1 aromatic rings. The summed E-state index contributed by atoms with van der Waals surface area (Å²) in [5.74, 6) is 1.32. The zero-order valence-electron chi connectivity index (χ0n) is 10.4. The Balaban J connectivity index is 2.40. The second kappa shape index (κ2) is 5.08. The molecule has 0 aromatic heterocycles. The van der Waals surface area contributed by atoms with Crippen molar-refractivity contribution in [2.24, 2.45) is 0 Å². The molecule has 0 saturated carbocycles. The van der Waals surface area contributed by atoms with Gasteiger partial charge in [0.2, 0.25) is 0 Å². The maximum atomic E-state index is 11.0. The van der Waals surface area contributed by atoms with Gasteiger partial charge in [-0.25, -0.2) is 0 Å². The van der Waals surface area contributed by atoms with E-state index >= 15 is 0 Å². The summed E-state index contributed by atoms with van der Waals surface area (Å²) in [7, 11) is 1.58. The number of rotatable bonds is 4. The molecule has 1 aliphatic heterocycles. The first kappa shape index (κ1) is 12.4. The van der Waals surface area contributed by atoms with E-state index in [1.165, 1.54) is 0 Å². The first-order chi connectivity index (χ1) is 8.65. The molecule has 0 unspecified atom stereocenters. The van der Waals surface area contributed by atoms with Gasteiger partial charge in [0.15, 0.2) is 6.10 Å². The molecule has 1 atom stereocenters. The van der Waals surface area contributed by atoms with Crippen molar-refractivity contribution in [2.75, 3.05) is 7.11 Å². The first-order valence-corrected chi connectivity index (χ1v) is 5.86. The third kappa shape index (κ3) is 2.30. The summed E-state index contributed by atoms with van der Waals surface area (Å²) in [6.45, 7) is 1.97. The van der Waals surface area contributed by atoms with Crippen LogP contribution in [0, 0.1) is 10.1 Å². The average molecular weight is 249 g/mol. The molecular formula is C13H15NO4. The van der Waals surface area contributed by atoms with Gasteiger partial charge in [-0.05, 0) is 18.6 Å². The molecule has 0 spiro atoms. The van der Waals surface area contributed by atoms with E-state index < -0.39 is 6.10 Å².